The maximum absolute atomic E-state index is 12.2. The summed E-state index contributed by atoms with van der Waals surface area (Å²) in [5.74, 6) is 1.20. The summed E-state index contributed by atoms with van der Waals surface area (Å²) < 4.78 is 16.7. The first-order valence-corrected chi connectivity index (χ1v) is 10.1. The van der Waals surface area contributed by atoms with E-state index < -0.39 is 0 Å². The summed E-state index contributed by atoms with van der Waals surface area (Å²) in [6, 6.07) is 10.6. The van der Waals surface area contributed by atoms with Crippen LogP contribution in [0.3, 0.4) is 0 Å². The Morgan fingerprint density at radius 1 is 0.893 bits per heavy atom. The molecule has 0 heterocycles. The van der Waals surface area contributed by atoms with Crippen molar-refractivity contribution in [2.24, 2.45) is 0 Å². The lowest BCUT2D eigenvalue weighted by Gasteiger charge is -2.14. The highest BCUT2D eigenvalue weighted by molar-refractivity contribution is 9.10. The highest BCUT2D eigenvalue weighted by Gasteiger charge is 2.14. The first-order valence-electron chi connectivity index (χ1n) is 8.19. The van der Waals surface area contributed by atoms with Crippen LogP contribution in [0.4, 0.5) is 11.4 Å². The van der Waals surface area contributed by atoms with Gasteiger partial charge in [0.15, 0.2) is 11.5 Å². The highest BCUT2D eigenvalue weighted by Crippen LogP contribution is 2.39. The van der Waals surface area contributed by atoms with E-state index in [2.05, 4.69) is 26.6 Å². The first-order chi connectivity index (χ1) is 13.5. The number of ether oxygens (including phenoxy) is 3. The average molecular weight is 469 g/mol. The quantitative estimate of drug-likeness (QED) is 0.582. The Bertz CT molecular complexity index is 822. The highest BCUT2D eigenvalue weighted by atomic mass is 79.9. The fourth-order valence-electron chi connectivity index (χ4n) is 2.35. The van der Waals surface area contributed by atoms with Gasteiger partial charge in [0, 0.05) is 28.0 Å². The second-order valence-electron chi connectivity index (χ2n) is 5.51. The SMILES string of the molecule is COc1cc(NC(=O)CSCC(=O)Nc2cccc(Br)c2)cc(OC)c1OC. The van der Waals surface area contributed by atoms with Crippen LogP contribution in [0, 0.1) is 0 Å². The van der Waals surface area contributed by atoms with E-state index in [9.17, 15) is 9.59 Å². The number of hydrogen-bond donors (Lipinski definition) is 2. The molecular weight excluding hydrogens is 448 g/mol. The maximum atomic E-state index is 12.2. The first kappa shape index (κ1) is 21.9. The van der Waals surface area contributed by atoms with Crippen LogP contribution in [0.5, 0.6) is 17.2 Å². The van der Waals surface area contributed by atoms with Crippen molar-refractivity contribution in [3.63, 3.8) is 0 Å². The molecule has 7 nitrogen and oxygen atoms in total. The van der Waals surface area contributed by atoms with E-state index >= 15 is 0 Å². The predicted octanol–water partition coefficient (Wildman–Crippen LogP) is 3.79. The molecule has 2 amide bonds. The molecule has 0 spiro atoms. The van der Waals surface area contributed by atoms with Crippen LogP contribution < -0.4 is 24.8 Å². The molecule has 0 bridgehead atoms. The predicted molar refractivity (Wildman–Crippen MR) is 115 cm³/mol. The van der Waals surface area contributed by atoms with Crippen LogP contribution in [0.25, 0.3) is 0 Å². The molecule has 2 aromatic rings. The normalized spacial score (nSPS) is 10.1. The monoisotopic (exact) mass is 468 g/mol. The van der Waals surface area contributed by atoms with E-state index in [-0.39, 0.29) is 23.3 Å². The molecule has 2 rings (SSSR count). The minimum atomic E-state index is -0.241. The van der Waals surface area contributed by atoms with E-state index in [0.717, 1.165) is 4.47 Å². The molecule has 28 heavy (non-hydrogen) atoms. The van der Waals surface area contributed by atoms with Crippen LogP contribution in [-0.4, -0.2) is 44.6 Å². The topological polar surface area (TPSA) is 85.9 Å². The van der Waals surface area contributed by atoms with Gasteiger partial charge in [-0.1, -0.05) is 22.0 Å². The van der Waals surface area contributed by atoms with Crippen molar-refractivity contribution < 1.29 is 23.8 Å². The third-order valence-corrected chi connectivity index (χ3v) is 4.95. The number of hydrogen-bond acceptors (Lipinski definition) is 6. The van der Waals surface area contributed by atoms with Crippen LogP contribution in [-0.2, 0) is 9.59 Å². The van der Waals surface area contributed by atoms with Gasteiger partial charge in [-0.2, -0.15) is 0 Å². The molecule has 0 fully saturated rings. The Balaban J connectivity index is 1.86. The zero-order chi connectivity index (χ0) is 20.5. The number of carbonyl (C=O) groups excluding carboxylic acids is 2. The van der Waals surface area contributed by atoms with Crippen LogP contribution >= 0.6 is 27.7 Å². The molecule has 0 atom stereocenters. The minimum Gasteiger partial charge on any atom is -0.493 e. The fourth-order valence-corrected chi connectivity index (χ4v) is 3.37. The molecule has 2 aromatic carbocycles. The van der Waals surface area contributed by atoms with E-state index in [0.29, 0.717) is 28.6 Å². The Morgan fingerprint density at radius 3 is 1.96 bits per heavy atom. The Kier molecular flexibility index (Phi) is 8.46. The van der Waals surface area contributed by atoms with Crippen LogP contribution in [0.15, 0.2) is 40.9 Å². The summed E-state index contributed by atoms with van der Waals surface area (Å²) in [5, 5.41) is 5.54. The van der Waals surface area contributed by atoms with E-state index in [4.69, 9.17) is 14.2 Å². The zero-order valence-corrected chi connectivity index (χ0v) is 18.1. The van der Waals surface area contributed by atoms with Crippen molar-refractivity contribution in [2.75, 3.05) is 43.5 Å². The Labute approximate surface area is 176 Å². The summed E-state index contributed by atoms with van der Waals surface area (Å²) in [7, 11) is 4.51. The number of benzene rings is 2. The second kappa shape index (κ2) is 10.8. The number of halogens is 1. The lowest BCUT2D eigenvalue weighted by Crippen LogP contribution is -2.18. The van der Waals surface area contributed by atoms with Gasteiger partial charge in [-0.3, -0.25) is 9.59 Å². The molecule has 0 aliphatic heterocycles. The largest absolute Gasteiger partial charge is 0.493 e. The zero-order valence-electron chi connectivity index (χ0n) is 15.7. The summed E-state index contributed by atoms with van der Waals surface area (Å²) >= 11 is 4.57. The van der Waals surface area contributed by atoms with Crippen molar-refractivity contribution in [1.29, 1.82) is 0 Å². The molecule has 0 aromatic heterocycles. The third kappa shape index (κ3) is 6.35. The number of thioether (sulfide) groups is 1. The lowest BCUT2D eigenvalue weighted by molar-refractivity contribution is -0.114. The van der Waals surface area contributed by atoms with Crippen molar-refractivity contribution in [2.45, 2.75) is 0 Å². The molecule has 2 N–H and O–H groups in total. The van der Waals surface area contributed by atoms with E-state index in [1.165, 1.54) is 33.1 Å². The fraction of sp³-hybridized carbons (Fsp3) is 0.263. The van der Waals surface area contributed by atoms with E-state index in [1.807, 2.05) is 12.1 Å². The molecule has 0 aliphatic rings. The van der Waals surface area contributed by atoms with Gasteiger partial charge in [0.2, 0.25) is 17.6 Å². The van der Waals surface area contributed by atoms with Gasteiger partial charge in [-0.25, -0.2) is 0 Å². The Morgan fingerprint density at radius 2 is 1.46 bits per heavy atom. The van der Waals surface area contributed by atoms with Gasteiger partial charge in [0.05, 0.1) is 32.8 Å². The van der Waals surface area contributed by atoms with Crippen molar-refractivity contribution in [1.82, 2.24) is 0 Å². The summed E-state index contributed by atoms with van der Waals surface area (Å²) in [6.07, 6.45) is 0. The lowest BCUT2D eigenvalue weighted by atomic mass is 10.2. The third-order valence-electron chi connectivity index (χ3n) is 3.52. The smallest absolute Gasteiger partial charge is 0.234 e. The molecule has 9 heteroatoms. The molecule has 0 saturated carbocycles. The minimum absolute atomic E-state index is 0.128. The second-order valence-corrected chi connectivity index (χ2v) is 7.41. The molecular formula is C19H21BrN2O5S. The van der Waals surface area contributed by atoms with Gasteiger partial charge < -0.3 is 24.8 Å². The van der Waals surface area contributed by atoms with Gasteiger partial charge in [-0.15, -0.1) is 11.8 Å². The molecule has 0 radical (unpaired) electrons. The van der Waals surface area contributed by atoms with Crippen LogP contribution in [0.1, 0.15) is 0 Å². The van der Waals surface area contributed by atoms with Gasteiger partial charge >= 0.3 is 0 Å². The van der Waals surface area contributed by atoms with Gasteiger partial charge in [0.1, 0.15) is 0 Å². The van der Waals surface area contributed by atoms with E-state index in [1.54, 1.807) is 24.3 Å². The van der Waals surface area contributed by atoms with Crippen LogP contribution in [0.2, 0.25) is 0 Å². The van der Waals surface area contributed by atoms with Crippen molar-refractivity contribution in [3.05, 3.63) is 40.9 Å². The number of methoxy groups -OCH3 is 3. The number of amides is 2. The molecule has 0 saturated heterocycles. The summed E-state index contributed by atoms with van der Waals surface area (Å²) in [6.45, 7) is 0. The summed E-state index contributed by atoms with van der Waals surface area (Å²) in [4.78, 5) is 24.1. The number of rotatable bonds is 9. The van der Waals surface area contributed by atoms with Gasteiger partial charge in [-0.05, 0) is 18.2 Å². The number of anilines is 2. The van der Waals surface area contributed by atoms with Crippen molar-refractivity contribution >= 4 is 50.9 Å². The number of carbonyl (C=O) groups is 2. The van der Waals surface area contributed by atoms with Gasteiger partial charge in [0.25, 0.3) is 0 Å². The average Bonchev–Trinajstić information content (AvgIpc) is 2.67. The maximum Gasteiger partial charge on any atom is 0.234 e. The number of nitrogens with one attached hydrogen (secondary N) is 2. The molecule has 0 unspecified atom stereocenters. The molecule has 0 aliphatic carbocycles. The Hall–Kier alpha value is -2.39. The summed E-state index contributed by atoms with van der Waals surface area (Å²) in [5.41, 5.74) is 1.21. The van der Waals surface area contributed by atoms with Crippen molar-refractivity contribution in [3.8, 4) is 17.2 Å². The standard InChI is InChI=1S/C19H21BrN2O5S/c1-25-15-8-14(9-16(26-2)19(15)27-3)22-18(24)11-28-10-17(23)21-13-6-4-5-12(20)7-13/h4-9H,10-11H2,1-3H3,(H,21,23)(H,22,24). The molecule has 150 valence electrons.